The van der Waals surface area contributed by atoms with Crippen molar-refractivity contribution in [2.75, 3.05) is 23.6 Å². The van der Waals surface area contributed by atoms with E-state index in [0.29, 0.717) is 22.3 Å². The normalized spacial score (nSPS) is 11.7. The van der Waals surface area contributed by atoms with Crippen LogP contribution in [0, 0.1) is 13.8 Å². The van der Waals surface area contributed by atoms with E-state index in [1.165, 1.54) is 16.2 Å². The molecule has 2 N–H and O–H groups in total. The summed E-state index contributed by atoms with van der Waals surface area (Å²) in [6, 6.07) is 11.1. The number of amides is 3. The number of thiazole rings is 1. The quantitative estimate of drug-likeness (QED) is 0.471. The van der Waals surface area contributed by atoms with E-state index < -0.39 is 0 Å². The molecule has 9 nitrogen and oxygen atoms in total. The molecule has 2 heterocycles. The van der Waals surface area contributed by atoms with Crippen LogP contribution in [0.25, 0.3) is 0 Å². The predicted octanol–water partition coefficient (Wildman–Crippen LogP) is 3.56. The first kappa shape index (κ1) is 24.2. The summed E-state index contributed by atoms with van der Waals surface area (Å²) >= 11 is 1.30. The van der Waals surface area contributed by atoms with Crippen molar-refractivity contribution in [3.05, 3.63) is 64.7 Å². The van der Waals surface area contributed by atoms with Crippen molar-refractivity contribution < 1.29 is 23.9 Å². The van der Waals surface area contributed by atoms with E-state index in [9.17, 15) is 14.4 Å². The Labute approximate surface area is 207 Å². The molecule has 10 heteroatoms. The number of benzene rings is 2. The Morgan fingerprint density at radius 2 is 1.86 bits per heavy atom. The van der Waals surface area contributed by atoms with Crippen molar-refractivity contribution >= 4 is 39.9 Å². The van der Waals surface area contributed by atoms with Gasteiger partial charge in [-0.3, -0.25) is 14.4 Å². The van der Waals surface area contributed by atoms with Crippen LogP contribution in [-0.4, -0.2) is 36.0 Å². The highest BCUT2D eigenvalue weighted by atomic mass is 32.1. The van der Waals surface area contributed by atoms with Gasteiger partial charge in [-0.2, -0.15) is 0 Å². The predicted molar refractivity (Wildman–Crippen MR) is 133 cm³/mol. The van der Waals surface area contributed by atoms with Gasteiger partial charge in [0.15, 0.2) is 16.6 Å². The largest absolute Gasteiger partial charge is 0.454 e. The van der Waals surface area contributed by atoms with Gasteiger partial charge < -0.3 is 25.0 Å². The third kappa shape index (κ3) is 6.36. The minimum Gasteiger partial charge on any atom is -0.454 e. The molecular weight excluding hydrogens is 468 g/mol. The molecule has 1 aliphatic rings. The summed E-state index contributed by atoms with van der Waals surface area (Å²) < 4.78 is 10.7. The number of anilines is 2. The Hall–Kier alpha value is -3.92. The third-order valence-electron chi connectivity index (χ3n) is 5.42. The summed E-state index contributed by atoms with van der Waals surface area (Å²) in [6.45, 7) is 4.15. The van der Waals surface area contributed by atoms with Crippen molar-refractivity contribution in [2.45, 2.75) is 33.2 Å². The Bertz CT molecular complexity index is 1230. The second-order valence-electron chi connectivity index (χ2n) is 8.12. The van der Waals surface area contributed by atoms with E-state index in [1.807, 2.05) is 44.2 Å². The molecule has 0 atom stereocenters. The Balaban J connectivity index is 1.40. The van der Waals surface area contributed by atoms with Crippen LogP contribution < -0.4 is 25.0 Å². The number of ether oxygens (including phenoxy) is 2. The number of hydrogen-bond donors (Lipinski definition) is 2. The lowest BCUT2D eigenvalue weighted by Gasteiger charge is -2.24. The maximum Gasteiger partial charge on any atom is 0.240 e. The summed E-state index contributed by atoms with van der Waals surface area (Å²) in [5, 5.41) is 7.76. The number of fused-ring (bicyclic) bond motifs is 1. The van der Waals surface area contributed by atoms with Gasteiger partial charge in [0.2, 0.25) is 24.5 Å². The fraction of sp³-hybridized carbons (Fsp3) is 0.280. The second kappa shape index (κ2) is 11.0. The number of hydrogen-bond acceptors (Lipinski definition) is 7. The van der Waals surface area contributed by atoms with Gasteiger partial charge in [-0.1, -0.05) is 23.8 Å². The molecule has 35 heavy (non-hydrogen) atoms. The summed E-state index contributed by atoms with van der Waals surface area (Å²) in [4.78, 5) is 43.6. The van der Waals surface area contributed by atoms with Gasteiger partial charge in [0.1, 0.15) is 6.54 Å². The fourth-order valence-electron chi connectivity index (χ4n) is 3.69. The van der Waals surface area contributed by atoms with Crippen LogP contribution >= 0.6 is 11.3 Å². The highest BCUT2D eigenvalue weighted by Crippen LogP contribution is 2.32. The van der Waals surface area contributed by atoms with Crippen LogP contribution in [0.2, 0.25) is 0 Å². The number of aryl methyl sites for hydroxylation is 2. The molecule has 2 aromatic carbocycles. The summed E-state index contributed by atoms with van der Waals surface area (Å²) in [6.07, 6.45) is 1.54. The zero-order valence-electron chi connectivity index (χ0n) is 19.5. The summed E-state index contributed by atoms with van der Waals surface area (Å²) in [7, 11) is 0. The number of nitrogens with one attached hydrogen (secondary N) is 2. The molecule has 0 fully saturated rings. The molecule has 1 aliphatic heterocycles. The Morgan fingerprint density at radius 3 is 2.63 bits per heavy atom. The highest BCUT2D eigenvalue weighted by molar-refractivity contribution is 7.13. The highest BCUT2D eigenvalue weighted by Gasteiger charge is 2.22. The van der Waals surface area contributed by atoms with E-state index in [4.69, 9.17) is 9.47 Å². The van der Waals surface area contributed by atoms with E-state index in [2.05, 4.69) is 15.6 Å². The zero-order chi connectivity index (χ0) is 24.8. The van der Waals surface area contributed by atoms with Crippen molar-refractivity contribution in [1.82, 2.24) is 10.3 Å². The zero-order valence-corrected chi connectivity index (χ0v) is 20.3. The van der Waals surface area contributed by atoms with Crippen LogP contribution in [0.15, 0.2) is 48.0 Å². The molecule has 3 amide bonds. The average Bonchev–Trinajstić information content (AvgIpc) is 3.51. The smallest absolute Gasteiger partial charge is 0.240 e. The summed E-state index contributed by atoms with van der Waals surface area (Å²) in [5.74, 6) is 0.374. The standard InChI is InChI=1S/C25H26N4O5S/c1-16-3-5-19(17(2)11-16)29(24(32)8-7-22(30)28-25-26-9-10-35-25)14-23(31)27-13-18-4-6-20-21(12-18)34-15-33-20/h3-6,9-12H,7-8,13-15H2,1-2H3,(H,27,31)(H,26,28,30). The maximum absolute atomic E-state index is 13.1. The molecule has 1 aromatic heterocycles. The third-order valence-corrected chi connectivity index (χ3v) is 6.11. The van der Waals surface area contributed by atoms with Crippen molar-refractivity contribution in [3.8, 4) is 11.5 Å². The number of aromatic nitrogens is 1. The first-order chi connectivity index (χ1) is 16.9. The van der Waals surface area contributed by atoms with Crippen molar-refractivity contribution in [3.63, 3.8) is 0 Å². The average molecular weight is 495 g/mol. The van der Waals surface area contributed by atoms with Crippen LogP contribution in [0.4, 0.5) is 10.8 Å². The molecule has 0 saturated carbocycles. The molecule has 0 unspecified atom stereocenters. The molecule has 0 saturated heterocycles. The fourth-order valence-corrected chi connectivity index (χ4v) is 4.23. The van der Waals surface area contributed by atoms with Gasteiger partial charge in [-0.15, -0.1) is 11.3 Å². The van der Waals surface area contributed by atoms with Crippen LogP contribution in [0.5, 0.6) is 11.5 Å². The molecule has 3 aromatic rings. The van der Waals surface area contributed by atoms with Gasteiger partial charge in [-0.05, 0) is 43.2 Å². The molecular formula is C25H26N4O5S. The number of nitrogens with zero attached hydrogens (tertiary/aromatic N) is 2. The Morgan fingerprint density at radius 1 is 1.03 bits per heavy atom. The summed E-state index contributed by atoms with van der Waals surface area (Å²) in [5.41, 5.74) is 3.41. The minimum atomic E-state index is -0.316. The number of rotatable bonds is 9. The molecule has 0 radical (unpaired) electrons. The molecule has 182 valence electrons. The second-order valence-corrected chi connectivity index (χ2v) is 9.01. The lowest BCUT2D eigenvalue weighted by Crippen LogP contribution is -2.41. The van der Waals surface area contributed by atoms with Gasteiger partial charge in [0.25, 0.3) is 0 Å². The first-order valence-corrected chi connectivity index (χ1v) is 12.0. The minimum absolute atomic E-state index is 0.0152. The van der Waals surface area contributed by atoms with Crippen LogP contribution in [0.1, 0.15) is 29.5 Å². The van der Waals surface area contributed by atoms with Gasteiger partial charge in [0, 0.05) is 36.7 Å². The van der Waals surface area contributed by atoms with E-state index in [-0.39, 0.29) is 50.4 Å². The lowest BCUT2D eigenvalue weighted by atomic mass is 10.1. The van der Waals surface area contributed by atoms with Crippen LogP contribution in [-0.2, 0) is 20.9 Å². The first-order valence-electron chi connectivity index (χ1n) is 11.1. The molecule has 4 rings (SSSR count). The van der Waals surface area contributed by atoms with Gasteiger partial charge in [0.05, 0.1) is 0 Å². The van der Waals surface area contributed by atoms with Crippen molar-refractivity contribution in [2.24, 2.45) is 0 Å². The van der Waals surface area contributed by atoms with E-state index >= 15 is 0 Å². The van der Waals surface area contributed by atoms with E-state index in [1.54, 1.807) is 17.6 Å². The number of carbonyl (C=O) groups is 3. The molecule has 0 spiro atoms. The number of carbonyl (C=O) groups excluding carboxylic acids is 3. The molecule has 0 aliphatic carbocycles. The van der Waals surface area contributed by atoms with E-state index in [0.717, 1.165) is 16.7 Å². The van der Waals surface area contributed by atoms with Crippen LogP contribution in [0.3, 0.4) is 0 Å². The topological polar surface area (TPSA) is 110 Å². The lowest BCUT2D eigenvalue weighted by molar-refractivity contribution is -0.125. The van der Waals surface area contributed by atoms with Crippen molar-refractivity contribution in [1.29, 1.82) is 0 Å². The SMILES string of the molecule is Cc1ccc(N(CC(=O)NCc2ccc3c(c2)OCO3)C(=O)CCC(=O)Nc2nccs2)c(C)c1. The van der Waals surface area contributed by atoms with Gasteiger partial charge in [-0.25, -0.2) is 4.98 Å². The monoisotopic (exact) mass is 494 g/mol. The van der Waals surface area contributed by atoms with Gasteiger partial charge >= 0.3 is 0 Å². The molecule has 0 bridgehead atoms. The maximum atomic E-state index is 13.1. The Kier molecular flexibility index (Phi) is 7.61.